The smallest absolute Gasteiger partial charge is 0.308 e. The number of rotatable bonds is 2. The zero-order valence-electron chi connectivity index (χ0n) is 14.7. The molecule has 0 N–H and O–H groups in total. The second-order valence-corrected chi connectivity index (χ2v) is 7.25. The summed E-state index contributed by atoms with van der Waals surface area (Å²) in [7, 11) is 0. The van der Waals surface area contributed by atoms with E-state index in [1.54, 1.807) is 6.92 Å². The van der Waals surface area contributed by atoms with Crippen LogP contribution in [0.4, 0.5) is 0 Å². The van der Waals surface area contributed by atoms with Crippen LogP contribution in [0.3, 0.4) is 0 Å². The fourth-order valence-electron chi connectivity index (χ4n) is 4.25. The van der Waals surface area contributed by atoms with Crippen molar-refractivity contribution in [2.24, 2.45) is 5.92 Å². The molecule has 3 nitrogen and oxygen atoms in total. The molecule has 128 valence electrons. The van der Waals surface area contributed by atoms with Gasteiger partial charge in [-0.1, -0.05) is 30.3 Å². The number of ether oxygens (including phenoxy) is 1. The molecule has 25 heavy (non-hydrogen) atoms. The summed E-state index contributed by atoms with van der Waals surface area (Å²) in [5.41, 5.74) is 7.34. The molecule has 0 radical (unpaired) electrons. The van der Waals surface area contributed by atoms with Crippen LogP contribution in [0.1, 0.15) is 53.6 Å². The summed E-state index contributed by atoms with van der Waals surface area (Å²) in [6.45, 7) is 3.11. The Morgan fingerprint density at radius 2 is 1.68 bits per heavy atom. The molecule has 0 aromatic heterocycles. The van der Waals surface area contributed by atoms with E-state index in [9.17, 15) is 9.59 Å². The molecule has 0 fully saturated rings. The van der Waals surface area contributed by atoms with Crippen molar-refractivity contribution in [2.75, 3.05) is 0 Å². The fourth-order valence-corrected chi connectivity index (χ4v) is 4.25. The Kier molecular flexibility index (Phi) is 3.95. The Balaban J connectivity index is 1.84. The van der Waals surface area contributed by atoms with Gasteiger partial charge in [-0.25, -0.2) is 0 Å². The Bertz CT molecular complexity index is 879. The molecule has 0 saturated heterocycles. The molecule has 4 rings (SSSR count). The van der Waals surface area contributed by atoms with Crippen molar-refractivity contribution in [3.05, 3.63) is 63.7 Å². The van der Waals surface area contributed by atoms with E-state index in [0.717, 1.165) is 42.6 Å². The maximum Gasteiger partial charge on any atom is 0.308 e. The average molecular weight is 334 g/mol. The monoisotopic (exact) mass is 334 g/mol. The molecule has 1 unspecified atom stereocenters. The van der Waals surface area contributed by atoms with E-state index in [-0.39, 0.29) is 17.7 Å². The van der Waals surface area contributed by atoms with E-state index in [4.69, 9.17) is 4.74 Å². The van der Waals surface area contributed by atoms with Gasteiger partial charge < -0.3 is 4.74 Å². The molecule has 0 heterocycles. The fraction of sp³-hybridized carbons (Fsp3) is 0.364. The molecule has 0 amide bonds. The topological polar surface area (TPSA) is 43.4 Å². The van der Waals surface area contributed by atoms with Gasteiger partial charge in [0.25, 0.3) is 0 Å². The highest BCUT2D eigenvalue weighted by atomic mass is 16.5. The zero-order valence-corrected chi connectivity index (χ0v) is 14.7. The van der Waals surface area contributed by atoms with Gasteiger partial charge in [-0.15, -0.1) is 0 Å². The summed E-state index contributed by atoms with van der Waals surface area (Å²) in [4.78, 5) is 23.6. The molecule has 1 atom stereocenters. The van der Waals surface area contributed by atoms with Crippen LogP contribution in [-0.4, -0.2) is 11.8 Å². The summed E-state index contributed by atoms with van der Waals surface area (Å²) in [5, 5.41) is 0. The van der Waals surface area contributed by atoms with Crippen molar-refractivity contribution in [1.82, 2.24) is 0 Å². The van der Waals surface area contributed by atoms with Crippen molar-refractivity contribution < 1.29 is 14.3 Å². The van der Waals surface area contributed by atoms with Crippen LogP contribution < -0.4 is 4.74 Å². The Hall–Kier alpha value is -2.42. The molecule has 2 aromatic carbocycles. The third-order valence-corrected chi connectivity index (χ3v) is 5.57. The normalized spacial score (nSPS) is 17.9. The first-order valence-electron chi connectivity index (χ1n) is 8.95. The molecule has 0 saturated carbocycles. The quantitative estimate of drug-likeness (QED) is 0.529. The van der Waals surface area contributed by atoms with Gasteiger partial charge in [-0.3, -0.25) is 9.59 Å². The minimum Gasteiger partial charge on any atom is -0.426 e. The van der Waals surface area contributed by atoms with Crippen molar-refractivity contribution in [2.45, 2.75) is 46.0 Å². The van der Waals surface area contributed by atoms with Gasteiger partial charge in [0.2, 0.25) is 0 Å². The first kappa shape index (κ1) is 16.1. The van der Waals surface area contributed by atoms with E-state index >= 15 is 0 Å². The number of Topliss-reactive ketones (excluding diaryl/α,β-unsaturated/α-hetero) is 1. The van der Waals surface area contributed by atoms with Gasteiger partial charge in [-0.05, 0) is 60.4 Å². The third-order valence-electron chi connectivity index (χ3n) is 5.57. The van der Waals surface area contributed by atoms with Crippen LogP contribution in [0.5, 0.6) is 5.75 Å². The molecular weight excluding hydrogens is 312 g/mol. The van der Waals surface area contributed by atoms with Crippen molar-refractivity contribution >= 4 is 11.8 Å². The molecule has 3 heteroatoms. The van der Waals surface area contributed by atoms with Gasteiger partial charge in [0.05, 0.1) is 0 Å². The maximum atomic E-state index is 11.9. The van der Waals surface area contributed by atoms with E-state index in [1.807, 2.05) is 0 Å². The summed E-state index contributed by atoms with van der Waals surface area (Å²) >= 11 is 0. The highest BCUT2D eigenvalue weighted by Gasteiger charge is 2.30. The Morgan fingerprint density at radius 1 is 0.960 bits per heavy atom. The van der Waals surface area contributed by atoms with Gasteiger partial charge in [-0.2, -0.15) is 0 Å². The van der Waals surface area contributed by atoms with Crippen LogP contribution in [0, 0.1) is 5.92 Å². The molecule has 0 bridgehead atoms. The number of carbonyl (C=O) groups excluding carboxylic acids is 2. The zero-order chi connectivity index (χ0) is 17.6. The molecule has 2 aliphatic carbocycles. The van der Waals surface area contributed by atoms with Crippen LogP contribution in [0.25, 0.3) is 0 Å². The van der Waals surface area contributed by atoms with Crippen LogP contribution in [0.2, 0.25) is 0 Å². The molecule has 2 aromatic rings. The number of aryl methyl sites for hydroxylation is 1. The minimum absolute atomic E-state index is 0.0377. The Labute approximate surface area is 148 Å². The number of fused-ring (bicyclic) bond motifs is 3. The molecule has 0 spiro atoms. The number of esters is 1. The number of ketones is 1. The standard InChI is InChI=1S/C22H22O3/c1-13(23)15-7-8-18-10-19-9-16-5-3-4-6-17(16)12-21(19)22(20(18)11-15)25-14(2)24/h3-6,10,15H,7-9,11-12H2,1-2H3. The maximum absolute atomic E-state index is 11.9. The van der Waals surface area contributed by atoms with E-state index in [1.165, 1.54) is 29.2 Å². The van der Waals surface area contributed by atoms with Gasteiger partial charge in [0, 0.05) is 24.8 Å². The summed E-state index contributed by atoms with van der Waals surface area (Å²) in [5.74, 6) is 0.693. The minimum atomic E-state index is -0.292. The van der Waals surface area contributed by atoms with E-state index in [0.29, 0.717) is 6.42 Å². The largest absolute Gasteiger partial charge is 0.426 e. The van der Waals surface area contributed by atoms with Gasteiger partial charge in [0.1, 0.15) is 11.5 Å². The third kappa shape index (κ3) is 2.88. The first-order valence-corrected chi connectivity index (χ1v) is 8.95. The Morgan fingerprint density at radius 3 is 2.36 bits per heavy atom. The lowest BCUT2D eigenvalue weighted by atomic mass is 9.76. The number of hydrogen-bond acceptors (Lipinski definition) is 3. The molecule has 0 aliphatic heterocycles. The number of benzene rings is 2. The predicted molar refractivity (Wildman–Crippen MR) is 96.0 cm³/mol. The number of hydrogen-bond donors (Lipinski definition) is 0. The van der Waals surface area contributed by atoms with Gasteiger partial charge >= 0.3 is 5.97 Å². The van der Waals surface area contributed by atoms with Crippen LogP contribution >= 0.6 is 0 Å². The average Bonchev–Trinajstić information content (AvgIpc) is 2.59. The van der Waals surface area contributed by atoms with Crippen LogP contribution in [-0.2, 0) is 35.3 Å². The summed E-state index contributed by atoms with van der Waals surface area (Å²) in [6, 6.07) is 10.7. The second-order valence-electron chi connectivity index (χ2n) is 7.25. The highest BCUT2D eigenvalue weighted by Crippen LogP contribution is 2.41. The predicted octanol–water partition coefficient (Wildman–Crippen LogP) is 3.80. The van der Waals surface area contributed by atoms with Crippen LogP contribution in [0.15, 0.2) is 30.3 Å². The molecule has 2 aliphatic rings. The lowest BCUT2D eigenvalue weighted by Gasteiger charge is -2.30. The van der Waals surface area contributed by atoms with Crippen molar-refractivity contribution in [3.8, 4) is 5.75 Å². The van der Waals surface area contributed by atoms with E-state index in [2.05, 4.69) is 30.3 Å². The van der Waals surface area contributed by atoms with E-state index < -0.39 is 0 Å². The number of carbonyl (C=O) groups is 2. The van der Waals surface area contributed by atoms with Crippen molar-refractivity contribution in [1.29, 1.82) is 0 Å². The lowest BCUT2D eigenvalue weighted by molar-refractivity contribution is -0.132. The summed E-state index contributed by atoms with van der Waals surface area (Å²) in [6.07, 6.45) is 4.11. The van der Waals surface area contributed by atoms with Crippen molar-refractivity contribution in [3.63, 3.8) is 0 Å². The lowest BCUT2D eigenvalue weighted by Crippen LogP contribution is -2.23. The molecular formula is C22H22O3. The van der Waals surface area contributed by atoms with Gasteiger partial charge in [0.15, 0.2) is 0 Å². The second kappa shape index (κ2) is 6.14. The first-order chi connectivity index (χ1) is 12.0. The SMILES string of the molecule is CC(=O)Oc1c2c(cc3c1CC(C(C)=O)CC3)Cc1ccccc1C2. The summed E-state index contributed by atoms with van der Waals surface area (Å²) < 4.78 is 5.70. The highest BCUT2D eigenvalue weighted by molar-refractivity contribution is 5.80.